The number of nitrogens with zero attached hydrogens (tertiary/aromatic N) is 2. The molecule has 0 bridgehead atoms. The van der Waals surface area contributed by atoms with E-state index in [0.29, 0.717) is 18.2 Å². The van der Waals surface area contributed by atoms with Gasteiger partial charge in [-0.3, -0.25) is 9.89 Å². The predicted octanol–water partition coefficient (Wildman–Crippen LogP) is 3.82. The van der Waals surface area contributed by atoms with Crippen LogP contribution in [0.3, 0.4) is 0 Å². The van der Waals surface area contributed by atoms with Gasteiger partial charge in [-0.2, -0.15) is 5.10 Å². The molecule has 6 nitrogen and oxygen atoms in total. The van der Waals surface area contributed by atoms with Gasteiger partial charge in [0.2, 0.25) is 0 Å². The number of fused-ring (bicyclic) bond motifs is 1. The predicted molar refractivity (Wildman–Crippen MR) is 109 cm³/mol. The van der Waals surface area contributed by atoms with Gasteiger partial charge in [0.15, 0.2) is 5.69 Å². The van der Waals surface area contributed by atoms with Gasteiger partial charge in [-0.25, -0.2) is 0 Å². The van der Waals surface area contributed by atoms with Gasteiger partial charge in [0, 0.05) is 42.8 Å². The van der Waals surface area contributed by atoms with Crippen LogP contribution in [-0.4, -0.2) is 39.6 Å². The van der Waals surface area contributed by atoms with E-state index in [4.69, 9.17) is 0 Å². The summed E-state index contributed by atoms with van der Waals surface area (Å²) < 4.78 is 0.721. The lowest BCUT2D eigenvalue weighted by molar-refractivity contribution is 0.0674. The molecule has 3 N–H and O–H groups in total. The maximum Gasteiger partial charge on any atom is 0.274 e. The molecule has 27 heavy (non-hydrogen) atoms. The molecule has 1 aliphatic carbocycles. The molecule has 3 aromatic rings. The van der Waals surface area contributed by atoms with Crippen LogP contribution in [0.2, 0.25) is 0 Å². The Bertz CT molecular complexity index is 943. The average molecular weight is 430 g/mol. The lowest BCUT2D eigenvalue weighted by Crippen LogP contribution is -2.37. The van der Waals surface area contributed by atoms with E-state index in [9.17, 15) is 4.79 Å². The fourth-order valence-corrected chi connectivity index (χ4v) is 4.09. The molecule has 1 saturated carbocycles. The number of H-pyrrole nitrogens is 2. The molecule has 0 spiro atoms. The van der Waals surface area contributed by atoms with Crippen molar-refractivity contribution in [2.24, 2.45) is 5.92 Å². The first kappa shape index (κ1) is 18.3. The van der Waals surface area contributed by atoms with E-state index < -0.39 is 0 Å². The summed E-state index contributed by atoms with van der Waals surface area (Å²) in [5.74, 6) is 0.574. The zero-order valence-corrected chi connectivity index (χ0v) is 17.0. The molecule has 0 unspecified atom stereocenters. The van der Waals surface area contributed by atoms with Crippen molar-refractivity contribution in [2.45, 2.75) is 32.4 Å². The zero-order chi connectivity index (χ0) is 18.8. The van der Waals surface area contributed by atoms with Crippen molar-refractivity contribution in [1.82, 2.24) is 25.4 Å². The molecule has 4 rings (SSSR count). The van der Waals surface area contributed by atoms with Gasteiger partial charge >= 0.3 is 0 Å². The maximum atomic E-state index is 13.1. The Hall–Kier alpha value is -2.12. The van der Waals surface area contributed by atoms with Crippen LogP contribution in [0.25, 0.3) is 10.9 Å². The fraction of sp³-hybridized carbons (Fsp3) is 0.400. The van der Waals surface area contributed by atoms with Crippen molar-refractivity contribution < 1.29 is 4.79 Å². The van der Waals surface area contributed by atoms with Crippen LogP contribution >= 0.6 is 15.9 Å². The molecular weight excluding hydrogens is 406 g/mol. The van der Waals surface area contributed by atoms with Gasteiger partial charge in [-0.15, -0.1) is 0 Å². The van der Waals surface area contributed by atoms with E-state index in [1.165, 1.54) is 35.8 Å². The van der Waals surface area contributed by atoms with Gasteiger partial charge in [0.05, 0.1) is 0 Å². The van der Waals surface area contributed by atoms with Gasteiger partial charge in [0.1, 0.15) is 4.60 Å². The summed E-state index contributed by atoms with van der Waals surface area (Å²) in [6.07, 6.45) is 5.72. The fourth-order valence-electron chi connectivity index (χ4n) is 3.78. The Balaban J connectivity index is 1.65. The Morgan fingerprint density at radius 1 is 1.37 bits per heavy atom. The van der Waals surface area contributed by atoms with E-state index in [1.807, 2.05) is 18.1 Å². The number of benzene rings is 1. The van der Waals surface area contributed by atoms with Crippen LogP contribution in [0, 0.1) is 5.92 Å². The Morgan fingerprint density at radius 2 is 2.22 bits per heavy atom. The lowest BCUT2D eigenvalue weighted by Gasteiger charge is -2.32. The molecule has 2 heterocycles. The maximum absolute atomic E-state index is 13.1. The van der Waals surface area contributed by atoms with Gasteiger partial charge in [0.25, 0.3) is 5.91 Å². The summed E-state index contributed by atoms with van der Waals surface area (Å²) in [6.45, 7) is 2.16. The highest BCUT2D eigenvalue weighted by Crippen LogP contribution is 2.30. The normalized spacial score (nSPS) is 14.4. The van der Waals surface area contributed by atoms with Crippen molar-refractivity contribution in [3.8, 4) is 0 Å². The minimum absolute atomic E-state index is 0.0217. The molecule has 0 radical (unpaired) electrons. The number of aromatic amines is 2. The number of nitrogens with one attached hydrogen (secondary N) is 3. The molecule has 0 atom stereocenters. The third-order valence-electron chi connectivity index (χ3n) is 5.36. The number of hydrogen-bond acceptors (Lipinski definition) is 3. The molecular formula is C20H24BrN5O. The van der Waals surface area contributed by atoms with E-state index in [-0.39, 0.29) is 5.91 Å². The van der Waals surface area contributed by atoms with E-state index >= 15 is 0 Å². The van der Waals surface area contributed by atoms with Gasteiger partial charge < -0.3 is 15.2 Å². The second-order valence-corrected chi connectivity index (χ2v) is 8.12. The third-order valence-corrected chi connectivity index (χ3v) is 5.76. The monoisotopic (exact) mass is 429 g/mol. The first-order valence-electron chi connectivity index (χ1n) is 9.38. The summed E-state index contributed by atoms with van der Waals surface area (Å²) in [7, 11) is 1.95. The highest BCUT2D eigenvalue weighted by Gasteiger charge is 2.26. The van der Waals surface area contributed by atoms with Crippen LogP contribution in [0.5, 0.6) is 0 Å². The number of carbonyl (C=O) groups is 1. The number of carbonyl (C=O) groups excluding carboxylic acids is 1. The molecule has 1 aromatic carbocycles. The van der Waals surface area contributed by atoms with E-state index in [2.05, 4.69) is 54.6 Å². The summed E-state index contributed by atoms with van der Waals surface area (Å²) in [5, 5.41) is 11.4. The van der Waals surface area contributed by atoms with Crippen LogP contribution in [0.1, 0.15) is 40.9 Å². The first-order valence-corrected chi connectivity index (χ1v) is 10.2. The minimum atomic E-state index is -0.0217. The smallest absolute Gasteiger partial charge is 0.274 e. The summed E-state index contributed by atoms with van der Waals surface area (Å²) in [4.78, 5) is 18.4. The highest BCUT2D eigenvalue weighted by molar-refractivity contribution is 9.10. The summed E-state index contributed by atoms with van der Waals surface area (Å²) >= 11 is 3.35. The SMILES string of the molecule is CNCc1c[nH]c2cccc(CN(CC3CCC3)C(=O)c3cc(Br)[nH]n3)c12. The number of aromatic nitrogens is 3. The summed E-state index contributed by atoms with van der Waals surface area (Å²) in [6, 6.07) is 8.01. The second-order valence-electron chi connectivity index (χ2n) is 7.27. The minimum Gasteiger partial charge on any atom is -0.361 e. The molecule has 0 saturated heterocycles. The largest absolute Gasteiger partial charge is 0.361 e. The van der Waals surface area contributed by atoms with Crippen molar-refractivity contribution in [2.75, 3.05) is 13.6 Å². The van der Waals surface area contributed by atoms with Gasteiger partial charge in [-0.1, -0.05) is 18.6 Å². The second kappa shape index (κ2) is 7.86. The van der Waals surface area contributed by atoms with Crippen molar-refractivity contribution in [1.29, 1.82) is 0 Å². The van der Waals surface area contributed by atoms with E-state index in [0.717, 1.165) is 23.2 Å². The van der Waals surface area contributed by atoms with Crippen molar-refractivity contribution in [3.63, 3.8) is 0 Å². The van der Waals surface area contributed by atoms with Crippen LogP contribution < -0.4 is 5.32 Å². The highest BCUT2D eigenvalue weighted by atomic mass is 79.9. The Morgan fingerprint density at radius 3 is 2.89 bits per heavy atom. The average Bonchev–Trinajstić information content (AvgIpc) is 3.24. The molecule has 1 amide bonds. The molecule has 1 fully saturated rings. The topological polar surface area (TPSA) is 76.8 Å². The summed E-state index contributed by atoms with van der Waals surface area (Å²) in [5.41, 5.74) is 3.96. The molecule has 1 aliphatic rings. The van der Waals surface area contributed by atoms with Crippen LogP contribution in [0.4, 0.5) is 0 Å². The first-order chi connectivity index (χ1) is 13.2. The third kappa shape index (κ3) is 3.80. The number of rotatable bonds is 7. The molecule has 2 aromatic heterocycles. The van der Waals surface area contributed by atoms with Crippen LogP contribution in [0.15, 0.2) is 35.1 Å². The lowest BCUT2D eigenvalue weighted by atomic mass is 9.85. The quantitative estimate of drug-likeness (QED) is 0.534. The molecule has 0 aliphatic heterocycles. The van der Waals surface area contributed by atoms with Crippen molar-refractivity contribution >= 4 is 32.7 Å². The van der Waals surface area contributed by atoms with Crippen molar-refractivity contribution in [3.05, 3.63) is 51.9 Å². The van der Waals surface area contributed by atoms with Crippen LogP contribution in [-0.2, 0) is 13.1 Å². The Kier molecular flexibility index (Phi) is 5.31. The Labute approximate surface area is 166 Å². The van der Waals surface area contributed by atoms with E-state index in [1.54, 1.807) is 6.07 Å². The van der Waals surface area contributed by atoms with Gasteiger partial charge in [-0.05, 0) is 58.9 Å². The standard InChI is InChI=1S/C20H24BrN5O/c1-22-9-15-10-23-16-7-3-6-14(19(15)16)12-26(11-13-4-2-5-13)20(27)17-8-18(21)25-24-17/h3,6-8,10,13,22-23H,2,4-5,9,11-12H2,1H3,(H,24,25). The zero-order valence-electron chi connectivity index (χ0n) is 15.4. The molecule has 7 heteroatoms. The number of halogens is 1. The number of hydrogen-bond donors (Lipinski definition) is 3. The number of amides is 1. The molecule has 142 valence electrons.